The van der Waals surface area contributed by atoms with Crippen LogP contribution in [0.15, 0.2) is 24.3 Å². The number of aryl methyl sites for hydroxylation is 1. The lowest BCUT2D eigenvalue weighted by molar-refractivity contribution is 0.232. The van der Waals surface area contributed by atoms with Crippen molar-refractivity contribution in [2.75, 3.05) is 7.05 Å². The van der Waals surface area contributed by atoms with Crippen molar-refractivity contribution in [3.8, 4) is 0 Å². The summed E-state index contributed by atoms with van der Waals surface area (Å²) in [7, 11) is 2.09. The maximum absolute atomic E-state index is 4.88. The van der Waals surface area contributed by atoms with Crippen molar-refractivity contribution in [3.05, 3.63) is 30.1 Å². The second-order valence-electron chi connectivity index (χ2n) is 5.96. The number of aromatic nitrogens is 2. The van der Waals surface area contributed by atoms with Crippen LogP contribution >= 0.6 is 0 Å². The minimum atomic E-state index is 0.580. The summed E-state index contributed by atoms with van der Waals surface area (Å²) in [6.07, 6.45) is 6.35. The van der Waals surface area contributed by atoms with Gasteiger partial charge in [-0.2, -0.15) is 0 Å². The second kappa shape index (κ2) is 5.96. The van der Waals surface area contributed by atoms with Crippen molar-refractivity contribution in [1.29, 1.82) is 0 Å². The third-order valence-corrected chi connectivity index (χ3v) is 4.67. The molecule has 0 radical (unpaired) electrons. The van der Waals surface area contributed by atoms with Crippen molar-refractivity contribution in [2.45, 2.75) is 51.6 Å². The van der Waals surface area contributed by atoms with Gasteiger partial charge in [0, 0.05) is 19.0 Å². The van der Waals surface area contributed by atoms with Gasteiger partial charge in [0.15, 0.2) is 0 Å². The van der Waals surface area contributed by atoms with Gasteiger partial charge in [0.1, 0.15) is 5.82 Å². The Hall–Kier alpha value is -1.35. The number of hydrogen-bond acceptors (Lipinski definition) is 2. The molecule has 1 aliphatic carbocycles. The highest BCUT2D eigenvalue weighted by atomic mass is 15.1. The quantitative estimate of drug-likeness (QED) is 0.873. The fourth-order valence-electron chi connectivity index (χ4n) is 3.30. The highest BCUT2D eigenvalue weighted by Crippen LogP contribution is 2.31. The Morgan fingerprint density at radius 3 is 2.80 bits per heavy atom. The number of hydrogen-bond donors (Lipinski definition) is 1. The maximum atomic E-state index is 4.88. The molecule has 0 aliphatic heterocycles. The van der Waals surface area contributed by atoms with Crippen LogP contribution in [0, 0.1) is 5.92 Å². The van der Waals surface area contributed by atoms with Crippen LogP contribution in [-0.4, -0.2) is 22.6 Å². The van der Waals surface area contributed by atoms with Crippen LogP contribution < -0.4 is 5.32 Å². The molecule has 20 heavy (non-hydrogen) atoms. The van der Waals surface area contributed by atoms with Crippen LogP contribution in [-0.2, 0) is 13.0 Å². The number of nitrogens with one attached hydrogen (secondary N) is 1. The number of nitrogens with zero attached hydrogens (tertiary/aromatic N) is 2. The first-order chi connectivity index (χ1) is 9.83. The van der Waals surface area contributed by atoms with Crippen molar-refractivity contribution >= 4 is 11.0 Å². The van der Waals surface area contributed by atoms with E-state index in [-0.39, 0.29) is 0 Å². The van der Waals surface area contributed by atoms with Crippen LogP contribution in [0.2, 0.25) is 0 Å². The van der Waals surface area contributed by atoms with E-state index in [0.717, 1.165) is 30.8 Å². The van der Waals surface area contributed by atoms with Crippen LogP contribution in [0.25, 0.3) is 11.0 Å². The molecule has 1 aromatic carbocycles. The van der Waals surface area contributed by atoms with Gasteiger partial charge < -0.3 is 9.88 Å². The van der Waals surface area contributed by atoms with Crippen LogP contribution in [0.4, 0.5) is 0 Å². The monoisotopic (exact) mass is 271 g/mol. The second-order valence-corrected chi connectivity index (χ2v) is 5.96. The summed E-state index contributed by atoms with van der Waals surface area (Å²) < 4.78 is 2.42. The van der Waals surface area contributed by atoms with E-state index in [4.69, 9.17) is 4.98 Å². The van der Waals surface area contributed by atoms with Gasteiger partial charge in [-0.05, 0) is 44.4 Å². The van der Waals surface area contributed by atoms with Crippen LogP contribution in [0.5, 0.6) is 0 Å². The summed E-state index contributed by atoms with van der Waals surface area (Å²) in [6, 6.07) is 9.09. The standard InChI is InChI=1S/C17H25N3/c1-3-11-20-16-10-5-4-9-14(16)19-17(20)12-15(18-2)13-7-6-8-13/h4-5,9-10,13,15,18H,3,6-8,11-12H2,1-2H3. The molecule has 1 atom stereocenters. The molecule has 1 unspecified atom stereocenters. The molecular formula is C17H25N3. The Balaban J connectivity index is 1.90. The van der Waals surface area contributed by atoms with Gasteiger partial charge in [0.25, 0.3) is 0 Å². The third-order valence-electron chi connectivity index (χ3n) is 4.67. The van der Waals surface area contributed by atoms with E-state index in [2.05, 4.69) is 48.1 Å². The summed E-state index contributed by atoms with van der Waals surface area (Å²) in [5.74, 6) is 2.09. The van der Waals surface area contributed by atoms with E-state index in [9.17, 15) is 0 Å². The average molecular weight is 271 g/mol. The minimum Gasteiger partial charge on any atom is -0.328 e. The van der Waals surface area contributed by atoms with E-state index >= 15 is 0 Å². The zero-order valence-corrected chi connectivity index (χ0v) is 12.6. The first kappa shape index (κ1) is 13.6. The maximum Gasteiger partial charge on any atom is 0.111 e. The summed E-state index contributed by atoms with van der Waals surface area (Å²) in [6.45, 7) is 3.30. The first-order valence-corrected chi connectivity index (χ1v) is 7.95. The molecule has 0 saturated heterocycles. The Labute approximate surface area is 121 Å². The van der Waals surface area contributed by atoms with E-state index in [1.165, 1.54) is 30.6 Å². The minimum absolute atomic E-state index is 0.580. The van der Waals surface area contributed by atoms with E-state index < -0.39 is 0 Å². The third kappa shape index (κ3) is 2.47. The van der Waals surface area contributed by atoms with Crippen LogP contribution in [0.1, 0.15) is 38.4 Å². The number of benzene rings is 1. The Morgan fingerprint density at radius 1 is 1.35 bits per heavy atom. The van der Waals surface area contributed by atoms with Crippen molar-refractivity contribution in [2.24, 2.45) is 5.92 Å². The molecular weight excluding hydrogens is 246 g/mol. The fourth-order valence-corrected chi connectivity index (χ4v) is 3.30. The van der Waals surface area contributed by atoms with Gasteiger partial charge in [0.2, 0.25) is 0 Å². The highest BCUT2D eigenvalue weighted by Gasteiger charge is 2.27. The molecule has 1 aromatic heterocycles. The molecule has 3 heteroatoms. The Kier molecular flexibility index (Phi) is 4.06. The Bertz CT molecular complexity index is 569. The zero-order valence-electron chi connectivity index (χ0n) is 12.6. The van der Waals surface area contributed by atoms with E-state index in [0.29, 0.717) is 6.04 Å². The molecule has 1 heterocycles. The molecule has 0 spiro atoms. The normalized spacial score (nSPS) is 17.3. The van der Waals surface area contributed by atoms with E-state index in [1.54, 1.807) is 0 Å². The molecule has 0 bridgehead atoms. The largest absolute Gasteiger partial charge is 0.328 e. The molecule has 108 valence electrons. The number of fused-ring (bicyclic) bond motifs is 1. The number of imidazole rings is 1. The smallest absolute Gasteiger partial charge is 0.111 e. The molecule has 2 aromatic rings. The van der Waals surface area contributed by atoms with Crippen LogP contribution in [0.3, 0.4) is 0 Å². The van der Waals surface area contributed by atoms with Crippen molar-refractivity contribution < 1.29 is 0 Å². The lowest BCUT2D eigenvalue weighted by atomic mass is 9.78. The summed E-state index contributed by atoms with van der Waals surface area (Å²) >= 11 is 0. The first-order valence-electron chi connectivity index (χ1n) is 7.95. The van der Waals surface area contributed by atoms with Gasteiger partial charge in [0.05, 0.1) is 11.0 Å². The average Bonchev–Trinajstić information content (AvgIpc) is 2.75. The molecule has 0 amide bonds. The highest BCUT2D eigenvalue weighted by molar-refractivity contribution is 5.75. The molecule has 1 aliphatic rings. The fraction of sp³-hybridized carbons (Fsp3) is 0.588. The summed E-state index contributed by atoms with van der Waals surface area (Å²) in [4.78, 5) is 4.88. The number of para-hydroxylation sites is 2. The number of rotatable bonds is 6. The SMILES string of the molecule is CCCn1c(CC(NC)C2CCC2)nc2ccccc21. The van der Waals surface area contributed by atoms with E-state index in [1.807, 2.05) is 0 Å². The lowest BCUT2D eigenvalue weighted by Gasteiger charge is -2.33. The van der Waals surface area contributed by atoms with Crippen molar-refractivity contribution in [3.63, 3.8) is 0 Å². The molecule has 3 nitrogen and oxygen atoms in total. The topological polar surface area (TPSA) is 29.9 Å². The van der Waals surface area contributed by atoms with Gasteiger partial charge >= 0.3 is 0 Å². The molecule has 1 saturated carbocycles. The van der Waals surface area contributed by atoms with Gasteiger partial charge in [-0.25, -0.2) is 4.98 Å². The number of likely N-dealkylation sites (N-methyl/N-ethyl adjacent to an activating group) is 1. The van der Waals surface area contributed by atoms with Gasteiger partial charge in [-0.15, -0.1) is 0 Å². The van der Waals surface area contributed by atoms with Crippen molar-refractivity contribution in [1.82, 2.24) is 14.9 Å². The molecule has 3 rings (SSSR count). The van der Waals surface area contributed by atoms with Gasteiger partial charge in [-0.3, -0.25) is 0 Å². The molecule has 1 fully saturated rings. The zero-order chi connectivity index (χ0) is 13.9. The predicted octanol–water partition coefficient (Wildman–Crippen LogP) is 3.38. The Morgan fingerprint density at radius 2 is 2.15 bits per heavy atom. The summed E-state index contributed by atoms with van der Waals surface area (Å²) in [5.41, 5.74) is 2.42. The molecule has 1 N–H and O–H groups in total. The lowest BCUT2D eigenvalue weighted by Crippen LogP contribution is -2.39. The predicted molar refractivity (Wildman–Crippen MR) is 83.9 cm³/mol. The summed E-state index contributed by atoms with van der Waals surface area (Å²) in [5, 5.41) is 3.51. The van der Waals surface area contributed by atoms with Gasteiger partial charge in [-0.1, -0.05) is 25.5 Å².